The number of fused-ring (bicyclic) bond motifs is 1. The molecule has 0 saturated carbocycles. The Balaban J connectivity index is 1.61. The zero-order valence-corrected chi connectivity index (χ0v) is 14.9. The van der Waals surface area contributed by atoms with E-state index in [9.17, 15) is 12.8 Å². The Kier molecular flexibility index (Phi) is 4.42. The molecule has 0 aliphatic carbocycles. The number of H-pyrrole nitrogens is 1. The van der Waals surface area contributed by atoms with Crippen molar-refractivity contribution in [2.45, 2.75) is 30.2 Å². The molecule has 2 heterocycles. The number of nitrogens with one attached hydrogen (secondary N) is 3. The van der Waals surface area contributed by atoms with Crippen LogP contribution in [0.2, 0.25) is 0 Å². The van der Waals surface area contributed by atoms with Crippen molar-refractivity contribution in [2.75, 3.05) is 11.3 Å². The third-order valence-corrected chi connectivity index (χ3v) is 6.17. The van der Waals surface area contributed by atoms with E-state index in [1.165, 1.54) is 24.1 Å². The van der Waals surface area contributed by atoms with Gasteiger partial charge in [0.25, 0.3) is 10.0 Å². The van der Waals surface area contributed by atoms with Crippen molar-refractivity contribution in [3.63, 3.8) is 0 Å². The first-order valence-electron chi connectivity index (χ1n) is 8.63. The van der Waals surface area contributed by atoms with Crippen molar-refractivity contribution in [1.29, 1.82) is 0 Å². The molecular formula is C19H20FN3O2S. The van der Waals surface area contributed by atoms with E-state index in [0.717, 1.165) is 42.4 Å². The summed E-state index contributed by atoms with van der Waals surface area (Å²) in [5, 5.41) is 4.49. The van der Waals surface area contributed by atoms with Gasteiger partial charge in [-0.1, -0.05) is 0 Å². The fourth-order valence-corrected chi connectivity index (χ4v) is 4.48. The first-order chi connectivity index (χ1) is 12.5. The van der Waals surface area contributed by atoms with Gasteiger partial charge in [0.15, 0.2) is 0 Å². The van der Waals surface area contributed by atoms with Gasteiger partial charge in [-0.15, -0.1) is 0 Å². The summed E-state index contributed by atoms with van der Waals surface area (Å²) in [6, 6.07) is 10.7. The highest BCUT2D eigenvalue weighted by Crippen LogP contribution is 2.26. The summed E-state index contributed by atoms with van der Waals surface area (Å²) in [6.45, 7) is 1.05. The number of hydrogen-bond acceptors (Lipinski definition) is 3. The van der Waals surface area contributed by atoms with Crippen LogP contribution >= 0.6 is 0 Å². The monoisotopic (exact) mass is 373 g/mol. The Morgan fingerprint density at radius 2 is 1.96 bits per heavy atom. The quantitative estimate of drug-likeness (QED) is 0.642. The molecule has 136 valence electrons. The highest BCUT2D eigenvalue weighted by Gasteiger charge is 2.18. The number of halogens is 1. The molecule has 3 aromatic rings. The van der Waals surface area contributed by atoms with Crippen LogP contribution in [0.5, 0.6) is 0 Å². The van der Waals surface area contributed by atoms with E-state index in [-0.39, 0.29) is 4.90 Å². The lowest BCUT2D eigenvalue weighted by Crippen LogP contribution is -2.23. The first-order valence-corrected chi connectivity index (χ1v) is 10.1. The smallest absolute Gasteiger partial charge is 0.261 e. The zero-order valence-electron chi connectivity index (χ0n) is 14.1. The van der Waals surface area contributed by atoms with Gasteiger partial charge in [-0.2, -0.15) is 0 Å². The van der Waals surface area contributed by atoms with Crippen LogP contribution in [0.4, 0.5) is 10.1 Å². The number of benzene rings is 2. The van der Waals surface area contributed by atoms with Gasteiger partial charge in [0.1, 0.15) is 5.82 Å². The summed E-state index contributed by atoms with van der Waals surface area (Å²) in [6.07, 6.45) is 5.25. The van der Waals surface area contributed by atoms with Gasteiger partial charge in [0, 0.05) is 28.8 Å². The first kappa shape index (κ1) is 17.1. The third-order valence-electron chi connectivity index (χ3n) is 4.77. The van der Waals surface area contributed by atoms with Crippen LogP contribution in [0.25, 0.3) is 10.9 Å². The van der Waals surface area contributed by atoms with Crippen molar-refractivity contribution >= 4 is 26.6 Å². The lowest BCUT2D eigenvalue weighted by molar-refractivity contribution is 0.599. The summed E-state index contributed by atoms with van der Waals surface area (Å²) in [4.78, 5) is 3.27. The summed E-state index contributed by atoms with van der Waals surface area (Å²) in [7, 11) is -3.76. The number of aromatic amines is 1. The molecule has 7 heteroatoms. The van der Waals surface area contributed by atoms with Crippen molar-refractivity contribution in [2.24, 2.45) is 0 Å². The second kappa shape index (κ2) is 6.74. The van der Waals surface area contributed by atoms with Crippen LogP contribution < -0.4 is 10.0 Å². The van der Waals surface area contributed by atoms with Gasteiger partial charge in [0.05, 0.1) is 4.90 Å². The number of sulfonamides is 1. The van der Waals surface area contributed by atoms with Crippen LogP contribution in [-0.4, -0.2) is 26.0 Å². The summed E-state index contributed by atoms with van der Waals surface area (Å²) < 4.78 is 40.6. The normalized spacial score (nSPS) is 17.7. The van der Waals surface area contributed by atoms with Gasteiger partial charge in [0.2, 0.25) is 0 Å². The van der Waals surface area contributed by atoms with Crippen LogP contribution in [0.15, 0.2) is 53.6 Å². The van der Waals surface area contributed by atoms with Crippen LogP contribution in [-0.2, 0) is 16.4 Å². The van der Waals surface area contributed by atoms with Crippen molar-refractivity contribution < 1.29 is 12.8 Å². The molecule has 5 nitrogen and oxygen atoms in total. The minimum Gasteiger partial charge on any atom is -0.361 e. The Hall–Kier alpha value is -2.38. The molecule has 1 fully saturated rings. The van der Waals surface area contributed by atoms with Crippen LogP contribution in [0, 0.1) is 5.82 Å². The molecule has 2 aromatic carbocycles. The largest absolute Gasteiger partial charge is 0.361 e. The molecule has 0 spiro atoms. The molecule has 1 aliphatic heterocycles. The Labute approximate surface area is 151 Å². The summed E-state index contributed by atoms with van der Waals surface area (Å²) >= 11 is 0. The molecule has 4 rings (SSSR count). The van der Waals surface area contributed by atoms with E-state index < -0.39 is 15.8 Å². The van der Waals surface area contributed by atoms with E-state index in [0.29, 0.717) is 11.7 Å². The van der Waals surface area contributed by atoms with Crippen molar-refractivity contribution in [3.05, 3.63) is 60.0 Å². The van der Waals surface area contributed by atoms with Gasteiger partial charge in [-0.05, 0) is 73.8 Å². The maximum Gasteiger partial charge on any atom is 0.261 e. The van der Waals surface area contributed by atoms with E-state index in [4.69, 9.17) is 0 Å². The molecule has 26 heavy (non-hydrogen) atoms. The summed E-state index contributed by atoms with van der Waals surface area (Å²) in [5.41, 5.74) is 2.63. The highest BCUT2D eigenvalue weighted by atomic mass is 32.2. The number of hydrogen-bond donors (Lipinski definition) is 3. The van der Waals surface area contributed by atoms with E-state index in [2.05, 4.69) is 15.0 Å². The zero-order chi connectivity index (χ0) is 18.1. The summed E-state index contributed by atoms with van der Waals surface area (Å²) in [5.74, 6) is -0.470. The Morgan fingerprint density at radius 1 is 1.15 bits per heavy atom. The van der Waals surface area contributed by atoms with Crippen LogP contribution in [0.3, 0.4) is 0 Å². The molecule has 0 unspecified atom stereocenters. The molecular weight excluding hydrogens is 353 g/mol. The molecule has 1 aromatic heterocycles. The van der Waals surface area contributed by atoms with Gasteiger partial charge >= 0.3 is 0 Å². The lowest BCUT2D eigenvalue weighted by atomic mass is 10.0. The number of aromatic nitrogens is 1. The van der Waals surface area contributed by atoms with E-state index >= 15 is 0 Å². The molecule has 1 aliphatic rings. The second-order valence-corrected chi connectivity index (χ2v) is 8.31. The molecule has 0 amide bonds. The molecule has 1 atom stereocenters. The average Bonchev–Trinajstić information content (AvgIpc) is 3.26. The maximum absolute atomic E-state index is 13.0. The number of anilines is 1. The molecule has 0 radical (unpaired) electrons. The third kappa shape index (κ3) is 3.45. The lowest BCUT2D eigenvalue weighted by Gasteiger charge is -2.10. The van der Waals surface area contributed by atoms with E-state index in [1.54, 1.807) is 6.07 Å². The maximum atomic E-state index is 13.0. The van der Waals surface area contributed by atoms with E-state index in [1.807, 2.05) is 18.3 Å². The van der Waals surface area contributed by atoms with Gasteiger partial charge in [-0.25, -0.2) is 12.8 Å². The predicted molar refractivity (Wildman–Crippen MR) is 100 cm³/mol. The second-order valence-electron chi connectivity index (χ2n) is 6.63. The fourth-order valence-electron chi connectivity index (χ4n) is 3.44. The van der Waals surface area contributed by atoms with Gasteiger partial charge < -0.3 is 10.3 Å². The minimum atomic E-state index is -3.76. The fraction of sp³-hybridized carbons (Fsp3) is 0.263. The topological polar surface area (TPSA) is 74.0 Å². The minimum absolute atomic E-state index is 0.0310. The predicted octanol–water partition coefficient (Wildman–Crippen LogP) is 3.40. The molecule has 3 N–H and O–H groups in total. The Bertz CT molecular complexity index is 1020. The van der Waals surface area contributed by atoms with Crippen LogP contribution in [0.1, 0.15) is 18.4 Å². The average molecular weight is 373 g/mol. The van der Waals surface area contributed by atoms with Gasteiger partial charge in [-0.3, -0.25) is 4.72 Å². The van der Waals surface area contributed by atoms with Crippen molar-refractivity contribution in [3.8, 4) is 0 Å². The number of rotatable bonds is 5. The molecule has 1 saturated heterocycles. The Morgan fingerprint density at radius 3 is 2.69 bits per heavy atom. The highest BCUT2D eigenvalue weighted by molar-refractivity contribution is 7.92. The molecule has 0 bridgehead atoms. The standard InChI is InChI=1S/C19H20FN3O2S/c20-14-3-6-17(7-4-14)26(24,25)23-16-5-8-19-18(11-16)13(12-22-19)10-15-2-1-9-21-15/h3-8,11-12,15,21-23H,1-2,9-10H2/t15-/m1/s1. The SMILES string of the molecule is O=S(=O)(Nc1ccc2[nH]cc(C[C@H]3CCCN3)c2c1)c1ccc(F)cc1. The van der Waals surface area contributed by atoms with Crippen molar-refractivity contribution in [1.82, 2.24) is 10.3 Å².